The van der Waals surface area contributed by atoms with Crippen molar-refractivity contribution < 1.29 is 19.0 Å². The van der Waals surface area contributed by atoms with Gasteiger partial charge in [-0.25, -0.2) is 4.39 Å². The van der Waals surface area contributed by atoms with Gasteiger partial charge >= 0.3 is 0 Å². The van der Waals surface area contributed by atoms with Gasteiger partial charge in [0, 0.05) is 12.1 Å². The number of carbonyl (C=O) groups is 1. The van der Waals surface area contributed by atoms with Crippen LogP contribution in [0, 0.1) is 5.82 Å². The number of amides is 1. The number of benzene rings is 2. The first-order valence-electron chi connectivity index (χ1n) is 7.99. The molecule has 0 unspecified atom stereocenters. The molecule has 126 valence electrons. The van der Waals surface area contributed by atoms with E-state index in [9.17, 15) is 14.3 Å². The molecule has 5 heteroatoms. The first kappa shape index (κ1) is 16.5. The molecular weight excluding hydrogens is 309 g/mol. The number of hydrogen-bond acceptors (Lipinski definition) is 3. The van der Waals surface area contributed by atoms with E-state index in [4.69, 9.17) is 4.74 Å². The minimum Gasteiger partial charge on any atom is -0.508 e. The van der Waals surface area contributed by atoms with Gasteiger partial charge in [-0.1, -0.05) is 30.3 Å². The molecule has 0 radical (unpaired) electrons. The molecule has 0 bridgehead atoms. The highest BCUT2D eigenvalue weighted by molar-refractivity contribution is 5.80. The normalized spacial score (nSPS) is 20.8. The van der Waals surface area contributed by atoms with Crippen molar-refractivity contribution in [2.75, 3.05) is 13.2 Å². The molecule has 1 aliphatic rings. The van der Waals surface area contributed by atoms with Gasteiger partial charge in [0.2, 0.25) is 5.91 Å². The van der Waals surface area contributed by atoms with Gasteiger partial charge in [-0.2, -0.15) is 0 Å². The van der Waals surface area contributed by atoms with Crippen LogP contribution >= 0.6 is 0 Å². The van der Waals surface area contributed by atoms with Crippen molar-refractivity contribution in [2.24, 2.45) is 0 Å². The van der Waals surface area contributed by atoms with E-state index in [0.717, 1.165) is 5.56 Å². The van der Waals surface area contributed by atoms with E-state index < -0.39 is 0 Å². The largest absolute Gasteiger partial charge is 0.508 e. The van der Waals surface area contributed by atoms with Crippen LogP contribution in [0.5, 0.6) is 5.75 Å². The zero-order valence-electron chi connectivity index (χ0n) is 13.5. The van der Waals surface area contributed by atoms with Crippen molar-refractivity contribution in [3.8, 4) is 5.75 Å². The fourth-order valence-electron chi connectivity index (χ4n) is 3.12. The number of phenols is 1. The average Bonchev–Trinajstić information content (AvgIpc) is 2.57. The van der Waals surface area contributed by atoms with Crippen LogP contribution < -0.4 is 0 Å². The zero-order chi connectivity index (χ0) is 17.1. The lowest BCUT2D eigenvalue weighted by Gasteiger charge is -2.39. The SMILES string of the molecule is C[C@@H]1[C@@H](c2cccc(F)c2)OCCN1C(=O)Cc1ccccc1O. The summed E-state index contributed by atoms with van der Waals surface area (Å²) in [7, 11) is 0. The second kappa shape index (κ2) is 7.01. The summed E-state index contributed by atoms with van der Waals surface area (Å²) in [5.41, 5.74) is 1.33. The first-order chi connectivity index (χ1) is 11.6. The highest BCUT2D eigenvalue weighted by Crippen LogP contribution is 2.29. The lowest BCUT2D eigenvalue weighted by atomic mass is 9.99. The van der Waals surface area contributed by atoms with Crippen LogP contribution in [-0.4, -0.2) is 35.1 Å². The van der Waals surface area contributed by atoms with Crippen molar-refractivity contribution in [1.29, 1.82) is 0 Å². The summed E-state index contributed by atoms with van der Waals surface area (Å²) in [6, 6.07) is 12.9. The van der Waals surface area contributed by atoms with Crippen LogP contribution in [0.4, 0.5) is 4.39 Å². The van der Waals surface area contributed by atoms with E-state index in [1.807, 2.05) is 6.92 Å². The topological polar surface area (TPSA) is 49.8 Å². The number of hydrogen-bond donors (Lipinski definition) is 1. The second-order valence-corrected chi connectivity index (χ2v) is 5.98. The molecule has 1 N–H and O–H groups in total. The van der Waals surface area contributed by atoms with Gasteiger partial charge in [0.05, 0.1) is 19.1 Å². The monoisotopic (exact) mass is 329 g/mol. The Bertz CT molecular complexity index is 734. The summed E-state index contributed by atoms with van der Waals surface area (Å²) < 4.78 is 19.2. The standard InChI is InChI=1S/C19H20FNO3/c1-13-19(15-6-4-7-16(20)11-15)24-10-9-21(13)18(23)12-14-5-2-3-8-17(14)22/h2-8,11,13,19,22H,9-10,12H2,1H3/t13-,19+/m1/s1. The maximum absolute atomic E-state index is 13.5. The number of para-hydroxylation sites is 1. The fraction of sp³-hybridized carbons (Fsp3) is 0.316. The van der Waals surface area contributed by atoms with Crippen LogP contribution in [0.3, 0.4) is 0 Å². The molecule has 3 rings (SSSR count). The van der Waals surface area contributed by atoms with Crippen molar-refractivity contribution in [1.82, 2.24) is 4.90 Å². The highest BCUT2D eigenvalue weighted by atomic mass is 19.1. The van der Waals surface area contributed by atoms with E-state index in [2.05, 4.69) is 0 Å². The Morgan fingerprint density at radius 3 is 2.83 bits per heavy atom. The smallest absolute Gasteiger partial charge is 0.227 e. The molecule has 0 spiro atoms. The van der Waals surface area contributed by atoms with Crippen LogP contribution in [0.15, 0.2) is 48.5 Å². The van der Waals surface area contributed by atoms with Crippen molar-refractivity contribution >= 4 is 5.91 Å². The quantitative estimate of drug-likeness (QED) is 0.941. The predicted octanol–water partition coefficient (Wildman–Crippen LogP) is 3.06. The lowest BCUT2D eigenvalue weighted by Crippen LogP contribution is -2.49. The van der Waals surface area contributed by atoms with Crippen LogP contribution in [0.2, 0.25) is 0 Å². The Labute approximate surface area is 140 Å². The lowest BCUT2D eigenvalue weighted by molar-refractivity contribution is -0.144. The number of morpholine rings is 1. The number of phenolic OH excluding ortho intramolecular Hbond substituents is 1. The number of rotatable bonds is 3. The van der Waals surface area contributed by atoms with E-state index in [1.54, 1.807) is 41.3 Å². The van der Waals surface area contributed by atoms with E-state index in [-0.39, 0.29) is 36.0 Å². The van der Waals surface area contributed by atoms with Crippen molar-refractivity contribution in [3.63, 3.8) is 0 Å². The Balaban J connectivity index is 1.76. The highest BCUT2D eigenvalue weighted by Gasteiger charge is 2.33. The minimum atomic E-state index is -0.359. The Hall–Kier alpha value is -2.40. The number of ether oxygens (including phenoxy) is 1. The molecular formula is C19H20FNO3. The van der Waals surface area contributed by atoms with Gasteiger partial charge in [0.25, 0.3) is 0 Å². The van der Waals surface area contributed by atoms with Crippen LogP contribution in [0.25, 0.3) is 0 Å². The van der Waals surface area contributed by atoms with E-state index in [1.165, 1.54) is 12.1 Å². The fourth-order valence-corrected chi connectivity index (χ4v) is 3.12. The van der Waals surface area contributed by atoms with Gasteiger partial charge in [-0.3, -0.25) is 4.79 Å². The molecule has 24 heavy (non-hydrogen) atoms. The molecule has 1 heterocycles. The van der Waals surface area contributed by atoms with E-state index in [0.29, 0.717) is 18.7 Å². The summed E-state index contributed by atoms with van der Waals surface area (Å²) in [6.07, 6.45) is -0.227. The van der Waals surface area contributed by atoms with Gasteiger partial charge in [0.1, 0.15) is 17.7 Å². The maximum atomic E-state index is 13.5. The minimum absolute atomic E-state index is 0.0753. The molecule has 1 fully saturated rings. The zero-order valence-corrected chi connectivity index (χ0v) is 13.5. The number of nitrogens with zero attached hydrogens (tertiary/aromatic N) is 1. The van der Waals surface area contributed by atoms with E-state index >= 15 is 0 Å². The number of halogens is 1. The molecule has 1 saturated heterocycles. The summed E-state index contributed by atoms with van der Waals surface area (Å²) in [5.74, 6) is -0.275. The van der Waals surface area contributed by atoms with Gasteiger partial charge in [-0.05, 0) is 30.7 Å². The van der Waals surface area contributed by atoms with Crippen molar-refractivity contribution in [2.45, 2.75) is 25.5 Å². The summed E-state index contributed by atoms with van der Waals surface area (Å²) in [5, 5.41) is 9.85. The molecule has 2 aromatic rings. The van der Waals surface area contributed by atoms with Crippen LogP contribution in [-0.2, 0) is 16.0 Å². The molecule has 2 aromatic carbocycles. The Kier molecular flexibility index (Phi) is 4.81. The number of aromatic hydroxyl groups is 1. The third-order valence-corrected chi connectivity index (χ3v) is 4.39. The molecule has 0 saturated carbocycles. The molecule has 2 atom stereocenters. The maximum Gasteiger partial charge on any atom is 0.227 e. The van der Waals surface area contributed by atoms with Gasteiger partial charge in [-0.15, -0.1) is 0 Å². The number of carbonyl (C=O) groups excluding carboxylic acids is 1. The third-order valence-electron chi connectivity index (χ3n) is 4.39. The van der Waals surface area contributed by atoms with Gasteiger partial charge in [0.15, 0.2) is 0 Å². The third kappa shape index (κ3) is 3.41. The van der Waals surface area contributed by atoms with Crippen LogP contribution in [0.1, 0.15) is 24.2 Å². The van der Waals surface area contributed by atoms with Gasteiger partial charge < -0.3 is 14.7 Å². The first-order valence-corrected chi connectivity index (χ1v) is 7.99. The van der Waals surface area contributed by atoms with Crippen molar-refractivity contribution in [3.05, 3.63) is 65.5 Å². The molecule has 1 aliphatic heterocycles. The Morgan fingerprint density at radius 2 is 2.08 bits per heavy atom. The molecule has 0 aliphatic carbocycles. The average molecular weight is 329 g/mol. The molecule has 1 amide bonds. The molecule has 4 nitrogen and oxygen atoms in total. The second-order valence-electron chi connectivity index (χ2n) is 5.98. The predicted molar refractivity (Wildman–Crippen MR) is 88.1 cm³/mol. The molecule has 0 aromatic heterocycles. The summed E-state index contributed by atoms with van der Waals surface area (Å²) in [4.78, 5) is 14.4. The summed E-state index contributed by atoms with van der Waals surface area (Å²) in [6.45, 7) is 2.79. The summed E-state index contributed by atoms with van der Waals surface area (Å²) >= 11 is 0. The Morgan fingerprint density at radius 1 is 1.29 bits per heavy atom.